The molecule has 2 N–H and O–H groups in total. The number of methoxy groups -OCH3 is 1. The molecule has 2 amide bonds. The van der Waals surface area contributed by atoms with Crippen LogP contribution >= 0.6 is 0 Å². The van der Waals surface area contributed by atoms with Gasteiger partial charge in [-0.1, -0.05) is 29.8 Å². The summed E-state index contributed by atoms with van der Waals surface area (Å²) in [7, 11) is 1.59. The van der Waals surface area contributed by atoms with E-state index in [0.717, 1.165) is 22.3 Å². The minimum atomic E-state index is -0.190. The lowest BCUT2D eigenvalue weighted by Crippen LogP contribution is -2.26. The summed E-state index contributed by atoms with van der Waals surface area (Å²) in [5.74, 6) is 0.947. The highest BCUT2D eigenvalue weighted by Crippen LogP contribution is 2.18. The molecule has 0 aliphatic carbocycles. The molecule has 1 heterocycles. The molecule has 7 nitrogen and oxygen atoms in total. The van der Waals surface area contributed by atoms with Crippen molar-refractivity contribution in [3.8, 4) is 5.75 Å². The van der Waals surface area contributed by atoms with Crippen LogP contribution in [0, 0.1) is 6.92 Å². The number of carbonyl (C=O) groups is 2. The molecule has 0 saturated heterocycles. The van der Waals surface area contributed by atoms with Crippen LogP contribution in [-0.4, -0.2) is 28.5 Å². The highest BCUT2D eigenvalue weighted by molar-refractivity contribution is 5.94. The normalized spacial score (nSPS) is 10.7. The van der Waals surface area contributed by atoms with Crippen molar-refractivity contribution in [3.05, 3.63) is 89.7 Å². The number of carbonyl (C=O) groups excluding carboxylic acids is 2. The zero-order chi connectivity index (χ0) is 22.5. The Morgan fingerprint density at radius 1 is 0.969 bits per heavy atom. The minimum absolute atomic E-state index is 0.0717. The summed E-state index contributed by atoms with van der Waals surface area (Å²) in [4.78, 5) is 29.9. The Hall–Kier alpha value is -4.13. The summed E-state index contributed by atoms with van der Waals surface area (Å²) in [6, 6.07) is 22.1. The SMILES string of the molecule is COc1ccc(NC(=O)Cn2c(CNC(=O)c3ccc(C)cc3)nc3ccccc32)cc1. The molecule has 0 aliphatic heterocycles. The fraction of sp³-hybridized carbons (Fsp3) is 0.160. The molecule has 0 saturated carbocycles. The quantitative estimate of drug-likeness (QED) is 0.467. The van der Waals surface area contributed by atoms with Crippen LogP contribution in [0.2, 0.25) is 0 Å². The second-order valence-electron chi connectivity index (χ2n) is 7.43. The molecule has 0 unspecified atom stereocenters. The second-order valence-corrected chi connectivity index (χ2v) is 7.43. The monoisotopic (exact) mass is 428 g/mol. The standard InChI is InChI=1S/C25H24N4O3/c1-17-7-9-18(10-8-17)25(31)26-15-23-28-21-5-3-4-6-22(21)29(23)16-24(30)27-19-11-13-20(32-2)14-12-19/h3-14H,15-16H2,1-2H3,(H,26,31)(H,27,30). The van der Waals surface area contributed by atoms with E-state index in [9.17, 15) is 9.59 Å². The lowest BCUT2D eigenvalue weighted by atomic mass is 10.1. The molecular formula is C25H24N4O3. The number of fused-ring (bicyclic) bond motifs is 1. The molecule has 32 heavy (non-hydrogen) atoms. The van der Waals surface area contributed by atoms with Gasteiger partial charge in [0, 0.05) is 11.3 Å². The van der Waals surface area contributed by atoms with Gasteiger partial charge in [0.15, 0.2) is 0 Å². The van der Waals surface area contributed by atoms with Gasteiger partial charge in [0.2, 0.25) is 5.91 Å². The van der Waals surface area contributed by atoms with E-state index in [2.05, 4.69) is 15.6 Å². The van der Waals surface area contributed by atoms with Crippen molar-refractivity contribution in [3.63, 3.8) is 0 Å². The van der Waals surface area contributed by atoms with Crippen molar-refractivity contribution in [1.29, 1.82) is 0 Å². The zero-order valence-electron chi connectivity index (χ0n) is 18.0. The van der Waals surface area contributed by atoms with Crippen LogP contribution in [0.4, 0.5) is 5.69 Å². The Morgan fingerprint density at radius 2 is 1.69 bits per heavy atom. The molecule has 0 radical (unpaired) electrons. The summed E-state index contributed by atoms with van der Waals surface area (Å²) in [5.41, 5.74) is 3.94. The Morgan fingerprint density at radius 3 is 2.41 bits per heavy atom. The maximum Gasteiger partial charge on any atom is 0.251 e. The maximum atomic E-state index is 12.7. The summed E-state index contributed by atoms with van der Waals surface area (Å²) in [6.07, 6.45) is 0. The average Bonchev–Trinajstić information content (AvgIpc) is 3.15. The van der Waals surface area contributed by atoms with Crippen LogP contribution in [0.25, 0.3) is 11.0 Å². The van der Waals surface area contributed by atoms with E-state index in [-0.39, 0.29) is 24.9 Å². The largest absolute Gasteiger partial charge is 0.497 e. The predicted octanol–water partition coefficient (Wildman–Crippen LogP) is 3.92. The molecule has 3 aromatic carbocycles. The first-order chi connectivity index (χ1) is 15.5. The highest BCUT2D eigenvalue weighted by Gasteiger charge is 2.15. The van der Waals surface area contributed by atoms with Crippen LogP contribution in [0.15, 0.2) is 72.8 Å². The number of aryl methyl sites for hydroxylation is 1. The van der Waals surface area contributed by atoms with E-state index in [1.165, 1.54) is 0 Å². The fourth-order valence-electron chi connectivity index (χ4n) is 3.42. The number of benzene rings is 3. The number of imidazole rings is 1. The summed E-state index contributed by atoms with van der Waals surface area (Å²) >= 11 is 0. The van der Waals surface area contributed by atoms with E-state index in [1.807, 2.05) is 47.9 Å². The zero-order valence-corrected chi connectivity index (χ0v) is 18.0. The van der Waals surface area contributed by atoms with Crippen LogP contribution in [-0.2, 0) is 17.9 Å². The molecule has 4 rings (SSSR count). The Balaban J connectivity index is 1.51. The van der Waals surface area contributed by atoms with E-state index in [4.69, 9.17) is 4.74 Å². The number of hydrogen-bond acceptors (Lipinski definition) is 4. The number of rotatable bonds is 7. The van der Waals surface area contributed by atoms with Crippen molar-refractivity contribution in [2.45, 2.75) is 20.0 Å². The predicted molar refractivity (Wildman–Crippen MR) is 124 cm³/mol. The van der Waals surface area contributed by atoms with Gasteiger partial charge in [-0.2, -0.15) is 0 Å². The van der Waals surface area contributed by atoms with Crippen LogP contribution < -0.4 is 15.4 Å². The van der Waals surface area contributed by atoms with E-state index in [0.29, 0.717) is 17.1 Å². The van der Waals surface area contributed by atoms with Gasteiger partial charge >= 0.3 is 0 Å². The van der Waals surface area contributed by atoms with Gasteiger partial charge in [-0.3, -0.25) is 9.59 Å². The summed E-state index contributed by atoms with van der Waals surface area (Å²) in [5, 5.41) is 5.79. The van der Waals surface area contributed by atoms with E-state index >= 15 is 0 Å². The lowest BCUT2D eigenvalue weighted by molar-refractivity contribution is -0.116. The molecule has 0 atom stereocenters. The number of amides is 2. The molecule has 0 spiro atoms. The van der Waals surface area contributed by atoms with Crippen molar-refractivity contribution in [1.82, 2.24) is 14.9 Å². The number of nitrogens with zero attached hydrogens (tertiary/aromatic N) is 2. The first-order valence-corrected chi connectivity index (χ1v) is 10.3. The van der Waals surface area contributed by atoms with Gasteiger partial charge in [-0.05, 0) is 55.5 Å². The molecular weight excluding hydrogens is 404 g/mol. The van der Waals surface area contributed by atoms with Crippen molar-refractivity contribution in [2.24, 2.45) is 0 Å². The van der Waals surface area contributed by atoms with E-state index in [1.54, 1.807) is 43.5 Å². The Kier molecular flexibility index (Phi) is 6.17. The summed E-state index contributed by atoms with van der Waals surface area (Å²) < 4.78 is 6.97. The average molecular weight is 428 g/mol. The minimum Gasteiger partial charge on any atom is -0.497 e. The molecule has 0 aliphatic rings. The number of aromatic nitrogens is 2. The van der Waals surface area contributed by atoms with Gasteiger partial charge in [-0.15, -0.1) is 0 Å². The Bertz CT molecular complexity index is 1240. The van der Waals surface area contributed by atoms with Crippen molar-refractivity contribution >= 4 is 28.5 Å². The number of hydrogen-bond donors (Lipinski definition) is 2. The number of ether oxygens (including phenoxy) is 1. The third-order valence-corrected chi connectivity index (χ3v) is 5.13. The summed E-state index contributed by atoms with van der Waals surface area (Å²) in [6.45, 7) is 2.25. The fourth-order valence-corrected chi connectivity index (χ4v) is 3.42. The topological polar surface area (TPSA) is 85.2 Å². The molecule has 7 heteroatoms. The van der Waals surface area contributed by atoms with Gasteiger partial charge in [0.1, 0.15) is 18.1 Å². The van der Waals surface area contributed by atoms with Crippen molar-refractivity contribution < 1.29 is 14.3 Å². The molecule has 162 valence electrons. The maximum absolute atomic E-state index is 12.7. The second kappa shape index (κ2) is 9.34. The number of nitrogens with one attached hydrogen (secondary N) is 2. The van der Waals surface area contributed by atoms with E-state index < -0.39 is 0 Å². The van der Waals surface area contributed by atoms with Crippen molar-refractivity contribution in [2.75, 3.05) is 12.4 Å². The molecule has 0 fully saturated rings. The molecule has 0 bridgehead atoms. The number of para-hydroxylation sites is 2. The van der Waals surface area contributed by atoms with Gasteiger partial charge in [0.05, 0.1) is 24.7 Å². The lowest BCUT2D eigenvalue weighted by Gasteiger charge is -2.11. The van der Waals surface area contributed by atoms with Gasteiger partial charge in [-0.25, -0.2) is 4.98 Å². The Labute approximate surface area is 186 Å². The highest BCUT2D eigenvalue weighted by atomic mass is 16.5. The van der Waals surface area contributed by atoms with Crippen LogP contribution in [0.5, 0.6) is 5.75 Å². The van der Waals surface area contributed by atoms with Gasteiger partial charge in [0.25, 0.3) is 5.91 Å². The first-order valence-electron chi connectivity index (χ1n) is 10.3. The smallest absolute Gasteiger partial charge is 0.251 e. The third kappa shape index (κ3) is 4.78. The molecule has 1 aromatic heterocycles. The third-order valence-electron chi connectivity index (χ3n) is 5.13. The molecule has 4 aromatic rings. The van der Waals surface area contributed by atoms with Crippen LogP contribution in [0.1, 0.15) is 21.7 Å². The van der Waals surface area contributed by atoms with Gasteiger partial charge < -0.3 is 19.9 Å². The first kappa shape index (κ1) is 21.1. The number of anilines is 1. The van der Waals surface area contributed by atoms with Crippen LogP contribution in [0.3, 0.4) is 0 Å².